The van der Waals surface area contributed by atoms with Crippen molar-refractivity contribution in [2.45, 2.75) is 25.7 Å². The SMILES string of the molecule is C=CCNS(=O)(=O)c1cccc(C(=O)N(C)CC(=O)Nc2c(C)cc(C)cc2C)c1. The number of anilines is 1. The van der Waals surface area contributed by atoms with E-state index >= 15 is 0 Å². The Balaban J connectivity index is 2.12. The molecule has 0 aromatic heterocycles. The van der Waals surface area contributed by atoms with Crippen LogP contribution in [0, 0.1) is 20.8 Å². The molecule has 2 amide bonds. The van der Waals surface area contributed by atoms with Gasteiger partial charge in [0.25, 0.3) is 5.91 Å². The third-order valence-corrected chi connectivity index (χ3v) is 5.90. The zero-order valence-corrected chi connectivity index (χ0v) is 18.5. The summed E-state index contributed by atoms with van der Waals surface area (Å²) in [6, 6.07) is 9.64. The average molecular weight is 430 g/mol. The van der Waals surface area contributed by atoms with Crippen LogP contribution in [0.2, 0.25) is 0 Å². The summed E-state index contributed by atoms with van der Waals surface area (Å²) in [5, 5.41) is 2.85. The number of hydrogen-bond donors (Lipinski definition) is 2. The molecule has 0 saturated carbocycles. The molecule has 0 bridgehead atoms. The van der Waals surface area contributed by atoms with Crippen molar-refractivity contribution < 1.29 is 18.0 Å². The number of amides is 2. The van der Waals surface area contributed by atoms with E-state index in [9.17, 15) is 18.0 Å². The molecule has 2 N–H and O–H groups in total. The molecule has 0 fully saturated rings. The van der Waals surface area contributed by atoms with Crippen molar-refractivity contribution in [1.29, 1.82) is 0 Å². The maximum Gasteiger partial charge on any atom is 0.254 e. The van der Waals surface area contributed by atoms with Crippen LogP contribution < -0.4 is 10.0 Å². The minimum atomic E-state index is -3.75. The third-order valence-electron chi connectivity index (χ3n) is 4.48. The molecule has 2 aromatic carbocycles. The molecule has 0 aliphatic rings. The Morgan fingerprint density at radius 1 is 1.10 bits per heavy atom. The van der Waals surface area contributed by atoms with Gasteiger partial charge >= 0.3 is 0 Å². The molecule has 30 heavy (non-hydrogen) atoms. The van der Waals surface area contributed by atoms with Crippen molar-refractivity contribution in [2.24, 2.45) is 0 Å². The lowest BCUT2D eigenvalue weighted by Gasteiger charge is -2.19. The van der Waals surface area contributed by atoms with Crippen molar-refractivity contribution >= 4 is 27.5 Å². The fourth-order valence-corrected chi connectivity index (χ4v) is 4.16. The Bertz CT molecular complexity index is 1050. The molecule has 0 unspecified atom stereocenters. The second kappa shape index (κ2) is 9.69. The normalized spacial score (nSPS) is 11.1. The first-order valence-corrected chi connectivity index (χ1v) is 10.9. The number of rotatable bonds is 8. The van der Waals surface area contributed by atoms with Gasteiger partial charge in [-0.2, -0.15) is 0 Å². The van der Waals surface area contributed by atoms with Crippen LogP contribution in [0.5, 0.6) is 0 Å². The van der Waals surface area contributed by atoms with Crippen LogP contribution in [-0.2, 0) is 14.8 Å². The largest absolute Gasteiger partial charge is 0.332 e. The topological polar surface area (TPSA) is 95.6 Å². The molecule has 0 heterocycles. The van der Waals surface area contributed by atoms with Gasteiger partial charge in [-0.3, -0.25) is 9.59 Å². The maximum atomic E-state index is 12.7. The van der Waals surface area contributed by atoms with Crippen molar-refractivity contribution in [3.05, 3.63) is 71.3 Å². The second-order valence-electron chi connectivity index (χ2n) is 7.15. The highest BCUT2D eigenvalue weighted by Crippen LogP contribution is 2.22. The number of hydrogen-bond acceptors (Lipinski definition) is 4. The predicted molar refractivity (Wildman–Crippen MR) is 118 cm³/mol. The maximum absolute atomic E-state index is 12.7. The molecule has 0 atom stereocenters. The Hall–Kier alpha value is -2.97. The van der Waals surface area contributed by atoms with E-state index in [1.54, 1.807) is 0 Å². The molecule has 0 radical (unpaired) electrons. The summed E-state index contributed by atoms with van der Waals surface area (Å²) in [5.41, 5.74) is 3.90. The van der Waals surface area contributed by atoms with Gasteiger partial charge in [0.15, 0.2) is 0 Å². The fraction of sp³-hybridized carbons (Fsp3) is 0.273. The van der Waals surface area contributed by atoms with E-state index in [0.29, 0.717) is 0 Å². The summed E-state index contributed by atoms with van der Waals surface area (Å²) in [4.78, 5) is 26.4. The number of nitrogens with one attached hydrogen (secondary N) is 2. The number of carbonyl (C=O) groups is 2. The van der Waals surface area contributed by atoms with Gasteiger partial charge in [0.2, 0.25) is 15.9 Å². The first-order valence-electron chi connectivity index (χ1n) is 9.39. The summed E-state index contributed by atoms with van der Waals surface area (Å²) in [6.45, 7) is 9.20. The van der Waals surface area contributed by atoms with E-state index in [-0.39, 0.29) is 29.5 Å². The molecule has 2 aromatic rings. The Kier molecular flexibility index (Phi) is 7.53. The standard InChI is InChI=1S/C22H27N3O4S/c1-6-10-23-30(28,29)19-9-7-8-18(13-19)22(27)25(5)14-20(26)24-21-16(3)11-15(2)12-17(21)4/h6-9,11-13,23H,1,10,14H2,2-5H3,(H,24,26). The molecule has 160 valence electrons. The summed E-state index contributed by atoms with van der Waals surface area (Å²) in [5.74, 6) is -0.791. The van der Waals surface area contributed by atoms with E-state index in [2.05, 4.69) is 16.6 Å². The van der Waals surface area contributed by atoms with E-state index < -0.39 is 15.9 Å². The highest BCUT2D eigenvalue weighted by atomic mass is 32.2. The summed E-state index contributed by atoms with van der Waals surface area (Å²) < 4.78 is 26.9. The summed E-state index contributed by atoms with van der Waals surface area (Å²) >= 11 is 0. The number of likely N-dealkylation sites (N-methyl/N-ethyl adjacent to an activating group) is 1. The van der Waals surface area contributed by atoms with E-state index in [4.69, 9.17) is 0 Å². The van der Waals surface area contributed by atoms with Gasteiger partial charge in [-0.25, -0.2) is 13.1 Å². The van der Waals surface area contributed by atoms with E-state index in [1.807, 2.05) is 32.9 Å². The Labute approximate surface area is 177 Å². The Morgan fingerprint density at radius 2 is 1.73 bits per heavy atom. The third kappa shape index (κ3) is 5.77. The molecular formula is C22H27N3O4S. The zero-order valence-electron chi connectivity index (χ0n) is 17.7. The summed E-state index contributed by atoms with van der Waals surface area (Å²) in [7, 11) is -2.26. The van der Waals surface area contributed by atoms with Crippen molar-refractivity contribution in [2.75, 3.05) is 25.5 Å². The van der Waals surface area contributed by atoms with Crippen LogP contribution in [0.3, 0.4) is 0 Å². The molecule has 0 aliphatic carbocycles. The van der Waals surface area contributed by atoms with Crippen LogP contribution in [0.25, 0.3) is 0 Å². The average Bonchev–Trinajstić information content (AvgIpc) is 2.68. The van der Waals surface area contributed by atoms with Gasteiger partial charge in [-0.05, 0) is 50.1 Å². The van der Waals surface area contributed by atoms with Crippen molar-refractivity contribution in [3.63, 3.8) is 0 Å². The highest BCUT2D eigenvalue weighted by molar-refractivity contribution is 7.89. The van der Waals surface area contributed by atoms with Gasteiger partial charge in [0, 0.05) is 24.8 Å². The van der Waals surface area contributed by atoms with Crippen LogP contribution in [0.1, 0.15) is 27.0 Å². The highest BCUT2D eigenvalue weighted by Gasteiger charge is 2.19. The van der Waals surface area contributed by atoms with Gasteiger partial charge in [0.05, 0.1) is 11.4 Å². The molecule has 2 rings (SSSR count). The predicted octanol–water partition coefficient (Wildman–Crippen LogP) is 2.79. The van der Waals surface area contributed by atoms with Crippen LogP contribution >= 0.6 is 0 Å². The van der Waals surface area contributed by atoms with Gasteiger partial charge in [-0.15, -0.1) is 6.58 Å². The summed E-state index contributed by atoms with van der Waals surface area (Å²) in [6.07, 6.45) is 1.43. The Morgan fingerprint density at radius 3 is 2.33 bits per heavy atom. The van der Waals surface area contributed by atoms with E-state index in [0.717, 1.165) is 22.4 Å². The lowest BCUT2D eigenvalue weighted by atomic mass is 10.1. The number of sulfonamides is 1. The molecule has 7 nitrogen and oxygen atoms in total. The zero-order chi connectivity index (χ0) is 22.5. The molecule has 0 aliphatic heterocycles. The van der Waals surface area contributed by atoms with Crippen LogP contribution in [0.4, 0.5) is 5.69 Å². The van der Waals surface area contributed by atoms with E-state index in [1.165, 1.54) is 42.3 Å². The molecule has 0 spiro atoms. The first-order chi connectivity index (χ1) is 14.0. The minimum Gasteiger partial charge on any atom is -0.332 e. The second-order valence-corrected chi connectivity index (χ2v) is 8.92. The van der Waals surface area contributed by atoms with Gasteiger partial charge < -0.3 is 10.2 Å². The van der Waals surface area contributed by atoms with Crippen molar-refractivity contribution in [3.8, 4) is 0 Å². The monoisotopic (exact) mass is 429 g/mol. The first kappa shape index (κ1) is 23.3. The number of aryl methyl sites for hydroxylation is 3. The molecule has 8 heteroatoms. The van der Waals surface area contributed by atoms with Crippen molar-refractivity contribution in [1.82, 2.24) is 9.62 Å². The smallest absolute Gasteiger partial charge is 0.254 e. The van der Waals surface area contributed by atoms with Gasteiger partial charge in [0.1, 0.15) is 0 Å². The molecular weight excluding hydrogens is 402 g/mol. The molecule has 0 saturated heterocycles. The minimum absolute atomic E-state index is 0.0287. The number of carbonyl (C=O) groups excluding carboxylic acids is 2. The number of benzene rings is 2. The van der Waals surface area contributed by atoms with Crippen LogP contribution in [-0.4, -0.2) is 45.3 Å². The number of nitrogens with zero attached hydrogens (tertiary/aromatic N) is 1. The lowest BCUT2D eigenvalue weighted by molar-refractivity contribution is -0.116. The quantitative estimate of drug-likeness (QED) is 0.631. The van der Waals surface area contributed by atoms with Gasteiger partial charge in [-0.1, -0.05) is 29.8 Å². The lowest BCUT2D eigenvalue weighted by Crippen LogP contribution is -2.35. The van der Waals surface area contributed by atoms with Crippen LogP contribution in [0.15, 0.2) is 53.9 Å². The fourth-order valence-electron chi connectivity index (χ4n) is 3.11.